The Bertz CT molecular complexity index is 1350. The smallest absolute Gasteiger partial charge is 0.253 e. The van der Waals surface area contributed by atoms with Gasteiger partial charge in [-0.05, 0) is 41.9 Å². The van der Waals surface area contributed by atoms with Crippen molar-refractivity contribution in [3.63, 3.8) is 0 Å². The van der Waals surface area contributed by atoms with Crippen LogP contribution in [0.25, 0.3) is 5.69 Å². The summed E-state index contributed by atoms with van der Waals surface area (Å²) in [5, 5.41) is 9.91. The summed E-state index contributed by atoms with van der Waals surface area (Å²) in [6.07, 6.45) is 0.662. The minimum absolute atomic E-state index is 0.112. The molecular weight excluding hydrogens is 494 g/mol. The first-order valence-electron chi connectivity index (χ1n) is 13.0. The molecule has 0 spiro atoms. The minimum Gasteiger partial charge on any atom is -0.495 e. The standard InChI is InChI=1S/C30H33N5O2S/c1-3-33-17-19-34(20-18-33)29(36)25-15-13-24(14-16-25)22-38-30-32-31-28(21-23-9-5-4-6-10-23)35(30)26-11-7-8-12-27(26)37-2/h4-16H,3,17-22H2,1-2H3. The number of rotatable bonds is 9. The molecule has 4 aromatic rings. The fourth-order valence-corrected chi connectivity index (χ4v) is 5.60. The van der Waals surface area contributed by atoms with Gasteiger partial charge in [0.2, 0.25) is 0 Å². The second-order valence-electron chi connectivity index (χ2n) is 9.28. The van der Waals surface area contributed by atoms with Crippen molar-refractivity contribution < 1.29 is 9.53 Å². The average Bonchev–Trinajstić information content (AvgIpc) is 3.38. The molecule has 0 atom stereocenters. The molecule has 7 nitrogen and oxygen atoms in total. The zero-order valence-corrected chi connectivity index (χ0v) is 22.7. The monoisotopic (exact) mass is 527 g/mol. The zero-order valence-electron chi connectivity index (χ0n) is 21.9. The fourth-order valence-electron chi connectivity index (χ4n) is 4.68. The number of nitrogens with zero attached hydrogens (tertiary/aromatic N) is 5. The van der Waals surface area contributed by atoms with Crippen molar-refractivity contribution in [2.45, 2.75) is 24.3 Å². The number of methoxy groups -OCH3 is 1. The SMILES string of the molecule is CCN1CCN(C(=O)c2ccc(CSc3nnc(Cc4ccccc4)n3-c3ccccc3OC)cc2)CC1. The number of hydrogen-bond acceptors (Lipinski definition) is 6. The van der Waals surface area contributed by atoms with E-state index in [2.05, 4.69) is 38.7 Å². The highest BCUT2D eigenvalue weighted by Gasteiger charge is 2.22. The van der Waals surface area contributed by atoms with Crippen molar-refractivity contribution >= 4 is 17.7 Å². The van der Waals surface area contributed by atoms with Crippen molar-refractivity contribution in [2.24, 2.45) is 0 Å². The number of aromatic nitrogens is 3. The normalized spacial score (nSPS) is 14.0. The van der Waals surface area contributed by atoms with Crippen LogP contribution in [0.4, 0.5) is 0 Å². The van der Waals surface area contributed by atoms with E-state index in [0.717, 1.165) is 66.3 Å². The van der Waals surface area contributed by atoms with Crippen molar-refractivity contribution in [2.75, 3.05) is 39.8 Å². The lowest BCUT2D eigenvalue weighted by molar-refractivity contribution is 0.0643. The van der Waals surface area contributed by atoms with Gasteiger partial charge in [-0.1, -0.05) is 73.3 Å². The van der Waals surface area contributed by atoms with E-state index in [-0.39, 0.29) is 5.91 Å². The van der Waals surface area contributed by atoms with E-state index in [1.807, 2.05) is 71.6 Å². The second-order valence-corrected chi connectivity index (χ2v) is 10.2. The maximum absolute atomic E-state index is 13.0. The number of thioether (sulfide) groups is 1. The molecule has 1 saturated heterocycles. The molecule has 1 aliphatic heterocycles. The maximum atomic E-state index is 13.0. The Morgan fingerprint density at radius 2 is 1.58 bits per heavy atom. The maximum Gasteiger partial charge on any atom is 0.253 e. The number of piperazine rings is 1. The van der Waals surface area contributed by atoms with Gasteiger partial charge < -0.3 is 14.5 Å². The van der Waals surface area contributed by atoms with Gasteiger partial charge in [0.25, 0.3) is 5.91 Å². The molecule has 0 unspecified atom stereocenters. The van der Waals surface area contributed by atoms with Crippen LogP contribution in [0.15, 0.2) is 84.0 Å². The van der Waals surface area contributed by atoms with Crippen LogP contribution in [0.1, 0.15) is 34.2 Å². The number of carbonyl (C=O) groups excluding carboxylic acids is 1. The molecule has 0 aliphatic carbocycles. The van der Waals surface area contributed by atoms with Gasteiger partial charge in [0, 0.05) is 43.9 Å². The largest absolute Gasteiger partial charge is 0.495 e. The summed E-state index contributed by atoms with van der Waals surface area (Å²) in [7, 11) is 1.68. The third kappa shape index (κ3) is 5.92. The lowest BCUT2D eigenvalue weighted by Gasteiger charge is -2.34. The first-order chi connectivity index (χ1) is 18.7. The molecule has 0 saturated carbocycles. The van der Waals surface area contributed by atoms with Crippen LogP contribution in [-0.2, 0) is 12.2 Å². The molecule has 0 N–H and O–H groups in total. The van der Waals surface area contributed by atoms with Gasteiger partial charge in [0.1, 0.15) is 11.6 Å². The zero-order chi connectivity index (χ0) is 26.3. The Kier molecular flexibility index (Phi) is 8.41. The highest BCUT2D eigenvalue weighted by atomic mass is 32.2. The van der Waals surface area contributed by atoms with Crippen molar-refractivity contribution in [1.29, 1.82) is 0 Å². The molecule has 1 aliphatic rings. The van der Waals surface area contributed by atoms with E-state index in [9.17, 15) is 4.79 Å². The van der Waals surface area contributed by atoms with Crippen molar-refractivity contribution in [1.82, 2.24) is 24.6 Å². The molecule has 3 aromatic carbocycles. The Balaban J connectivity index is 1.32. The lowest BCUT2D eigenvalue weighted by Crippen LogP contribution is -2.48. The summed E-state index contributed by atoms with van der Waals surface area (Å²) >= 11 is 1.62. The average molecular weight is 528 g/mol. The van der Waals surface area contributed by atoms with Gasteiger partial charge in [0.15, 0.2) is 5.16 Å². The summed E-state index contributed by atoms with van der Waals surface area (Å²) in [6.45, 7) is 6.65. The topological polar surface area (TPSA) is 63.5 Å². The number of para-hydroxylation sites is 2. The van der Waals surface area contributed by atoms with E-state index in [1.165, 1.54) is 5.56 Å². The Morgan fingerprint density at radius 3 is 2.29 bits per heavy atom. The van der Waals surface area contributed by atoms with E-state index in [1.54, 1.807) is 18.9 Å². The van der Waals surface area contributed by atoms with Gasteiger partial charge in [-0.25, -0.2) is 0 Å². The van der Waals surface area contributed by atoms with Crippen LogP contribution in [-0.4, -0.2) is 70.3 Å². The van der Waals surface area contributed by atoms with Crippen LogP contribution in [0.3, 0.4) is 0 Å². The number of likely N-dealkylation sites (N-methyl/N-ethyl adjacent to an activating group) is 1. The van der Waals surface area contributed by atoms with Gasteiger partial charge in [-0.2, -0.15) is 0 Å². The van der Waals surface area contributed by atoms with Crippen LogP contribution >= 0.6 is 11.8 Å². The molecule has 196 valence electrons. The van der Waals surface area contributed by atoms with Crippen molar-refractivity contribution in [3.05, 3.63) is 101 Å². The fraction of sp³-hybridized carbons (Fsp3) is 0.300. The van der Waals surface area contributed by atoms with E-state index < -0.39 is 0 Å². The highest BCUT2D eigenvalue weighted by molar-refractivity contribution is 7.98. The quantitative estimate of drug-likeness (QED) is 0.288. The molecule has 2 heterocycles. The van der Waals surface area contributed by atoms with Crippen LogP contribution in [0.2, 0.25) is 0 Å². The van der Waals surface area contributed by atoms with Crippen LogP contribution in [0, 0.1) is 0 Å². The lowest BCUT2D eigenvalue weighted by atomic mass is 10.1. The van der Waals surface area contributed by atoms with Crippen LogP contribution in [0.5, 0.6) is 5.75 Å². The number of carbonyl (C=O) groups is 1. The summed E-state index contributed by atoms with van der Waals surface area (Å²) < 4.78 is 7.75. The Morgan fingerprint density at radius 1 is 0.868 bits per heavy atom. The minimum atomic E-state index is 0.112. The van der Waals surface area contributed by atoms with Gasteiger partial charge in [-0.15, -0.1) is 10.2 Å². The number of benzene rings is 3. The van der Waals surface area contributed by atoms with E-state index in [0.29, 0.717) is 12.2 Å². The third-order valence-corrected chi connectivity index (χ3v) is 7.91. The second kappa shape index (κ2) is 12.3. The molecule has 1 amide bonds. The Labute approximate surface area is 228 Å². The predicted octanol–water partition coefficient (Wildman–Crippen LogP) is 4.94. The van der Waals surface area contributed by atoms with Gasteiger partial charge >= 0.3 is 0 Å². The molecule has 38 heavy (non-hydrogen) atoms. The molecule has 0 bridgehead atoms. The third-order valence-electron chi connectivity index (χ3n) is 6.91. The Hall–Kier alpha value is -3.62. The van der Waals surface area contributed by atoms with E-state index >= 15 is 0 Å². The number of hydrogen-bond donors (Lipinski definition) is 0. The number of amides is 1. The molecule has 5 rings (SSSR count). The molecule has 1 fully saturated rings. The van der Waals surface area contributed by atoms with Crippen molar-refractivity contribution in [3.8, 4) is 11.4 Å². The van der Waals surface area contributed by atoms with E-state index in [4.69, 9.17) is 4.74 Å². The summed E-state index contributed by atoms with van der Waals surface area (Å²) in [6, 6.07) is 26.2. The van der Waals surface area contributed by atoms with Gasteiger partial charge in [0.05, 0.1) is 12.8 Å². The molecule has 8 heteroatoms. The molecular formula is C30H33N5O2S. The first kappa shape index (κ1) is 26.0. The number of ether oxygens (including phenoxy) is 1. The highest BCUT2D eigenvalue weighted by Crippen LogP contribution is 2.31. The predicted molar refractivity (Wildman–Crippen MR) is 151 cm³/mol. The summed E-state index contributed by atoms with van der Waals surface area (Å²) in [5.41, 5.74) is 3.95. The molecule has 1 aromatic heterocycles. The summed E-state index contributed by atoms with van der Waals surface area (Å²) in [4.78, 5) is 17.3. The van der Waals surface area contributed by atoms with Crippen LogP contribution < -0.4 is 4.74 Å². The first-order valence-corrected chi connectivity index (χ1v) is 14.0. The molecule has 0 radical (unpaired) electrons. The van der Waals surface area contributed by atoms with Gasteiger partial charge in [-0.3, -0.25) is 9.36 Å². The summed E-state index contributed by atoms with van der Waals surface area (Å²) in [5.74, 6) is 2.45.